The van der Waals surface area contributed by atoms with Crippen molar-refractivity contribution in [3.8, 4) is 0 Å². The van der Waals surface area contributed by atoms with E-state index in [4.69, 9.17) is 4.42 Å². The fraction of sp³-hybridized carbons (Fsp3) is 0. The fourth-order valence-electron chi connectivity index (χ4n) is 2.57. The first-order valence-electron chi connectivity index (χ1n) is 6.29. The Labute approximate surface area is 117 Å². The molecule has 0 radical (unpaired) electrons. The number of benzene rings is 2. The molecule has 1 N–H and O–H groups in total. The number of rotatable bonds is 1. The summed E-state index contributed by atoms with van der Waals surface area (Å²) in [5.74, 6) is -1.68. The average molecular weight is 281 g/mol. The average Bonchev–Trinajstić information content (AvgIpc) is 2.82. The summed E-state index contributed by atoms with van der Waals surface area (Å²) in [6.07, 6.45) is 0. The van der Waals surface area contributed by atoms with Gasteiger partial charge in [-0.25, -0.2) is 14.2 Å². The number of fused-ring (bicyclic) bond motifs is 4. The number of carboxylic acids is 1. The van der Waals surface area contributed by atoms with Crippen LogP contribution in [0.25, 0.3) is 33.0 Å². The van der Waals surface area contributed by atoms with E-state index in [1.54, 1.807) is 12.1 Å². The number of carboxylic acid groups (broad SMARTS) is 1. The standard InChI is InChI=1S/C16H8FNO3/c17-8-5-6-11-10(7-8)13(16(19)20)15-14(18-11)9-3-1-2-4-12(9)21-15/h1-7H,(H,19,20). The zero-order chi connectivity index (χ0) is 14.6. The molecule has 0 unspecified atom stereocenters. The van der Waals surface area contributed by atoms with E-state index in [2.05, 4.69) is 4.98 Å². The smallest absolute Gasteiger partial charge is 0.340 e. The molecule has 0 amide bonds. The van der Waals surface area contributed by atoms with E-state index in [1.807, 2.05) is 12.1 Å². The van der Waals surface area contributed by atoms with Gasteiger partial charge in [-0.2, -0.15) is 0 Å². The lowest BCUT2D eigenvalue weighted by Crippen LogP contribution is -2.00. The Kier molecular flexibility index (Phi) is 2.27. The Morgan fingerprint density at radius 2 is 1.95 bits per heavy atom. The van der Waals surface area contributed by atoms with Gasteiger partial charge in [0.25, 0.3) is 0 Å². The van der Waals surface area contributed by atoms with Crippen molar-refractivity contribution in [1.82, 2.24) is 4.98 Å². The van der Waals surface area contributed by atoms with Crippen molar-refractivity contribution in [3.05, 3.63) is 53.8 Å². The normalized spacial score (nSPS) is 11.5. The first-order valence-corrected chi connectivity index (χ1v) is 6.29. The minimum atomic E-state index is -1.17. The van der Waals surface area contributed by atoms with Crippen molar-refractivity contribution in [1.29, 1.82) is 0 Å². The zero-order valence-electron chi connectivity index (χ0n) is 10.6. The molecule has 4 nitrogen and oxygen atoms in total. The predicted octanol–water partition coefficient (Wildman–Crippen LogP) is 3.97. The lowest BCUT2D eigenvalue weighted by molar-refractivity contribution is 0.0700. The molecular weight excluding hydrogens is 273 g/mol. The van der Waals surface area contributed by atoms with Crippen molar-refractivity contribution in [3.63, 3.8) is 0 Å². The molecule has 0 spiro atoms. The van der Waals surface area contributed by atoms with Gasteiger partial charge in [0.05, 0.1) is 5.52 Å². The molecule has 0 fully saturated rings. The van der Waals surface area contributed by atoms with Crippen LogP contribution in [-0.4, -0.2) is 16.1 Å². The van der Waals surface area contributed by atoms with E-state index in [-0.39, 0.29) is 16.5 Å². The summed E-state index contributed by atoms with van der Waals surface area (Å²) in [5, 5.41) is 10.5. The highest BCUT2D eigenvalue weighted by molar-refractivity contribution is 6.17. The molecule has 2 aromatic carbocycles. The second-order valence-electron chi connectivity index (χ2n) is 4.73. The highest BCUT2D eigenvalue weighted by Gasteiger charge is 2.20. The topological polar surface area (TPSA) is 63.3 Å². The molecule has 2 heterocycles. The summed E-state index contributed by atoms with van der Waals surface area (Å²) in [6, 6.07) is 11.1. The van der Waals surface area contributed by atoms with Crippen LogP contribution in [0.2, 0.25) is 0 Å². The zero-order valence-corrected chi connectivity index (χ0v) is 10.6. The van der Waals surface area contributed by atoms with Crippen LogP contribution in [0.4, 0.5) is 4.39 Å². The monoisotopic (exact) mass is 281 g/mol. The second-order valence-corrected chi connectivity index (χ2v) is 4.73. The van der Waals surface area contributed by atoms with Crippen LogP contribution in [0.1, 0.15) is 10.4 Å². The van der Waals surface area contributed by atoms with Crippen LogP contribution in [0, 0.1) is 5.82 Å². The maximum absolute atomic E-state index is 13.4. The molecule has 0 saturated heterocycles. The molecule has 102 valence electrons. The molecule has 0 atom stereocenters. The minimum absolute atomic E-state index is 0.0642. The van der Waals surface area contributed by atoms with E-state index in [0.717, 1.165) is 5.39 Å². The summed E-state index contributed by atoms with van der Waals surface area (Å²) in [7, 11) is 0. The van der Waals surface area contributed by atoms with E-state index in [1.165, 1.54) is 18.2 Å². The molecule has 0 aliphatic rings. The van der Waals surface area contributed by atoms with Crippen molar-refractivity contribution in [2.75, 3.05) is 0 Å². The van der Waals surface area contributed by atoms with Crippen LogP contribution in [-0.2, 0) is 0 Å². The van der Waals surface area contributed by atoms with Gasteiger partial charge in [-0.15, -0.1) is 0 Å². The van der Waals surface area contributed by atoms with Crippen molar-refractivity contribution in [2.45, 2.75) is 0 Å². The predicted molar refractivity (Wildman–Crippen MR) is 75.9 cm³/mol. The first-order chi connectivity index (χ1) is 10.1. The van der Waals surface area contributed by atoms with E-state index in [0.29, 0.717) is 16.6 Å². The Bertz CT molecular complexity index is 1040. The van der Waals surface area contributed by atoms with Crippen molar-refractivity contribution in [2.24, 2.45) is 0 Å². The van der Waals surface area contributed by atoms with Gasteiger partial charge in [0.15, 0.2) is 5.58 Å². The van der Waals surface area contributed by atoms with Crippen LogP contribution in [0.5, 0.6) is 0 Å². The van der Waals surface area contributed by atoms with E-state index >= 15 is 0 Å². The Balaban J connectivity index is 2.32. The highest BCUT2D eigenvalue weighted by atomic mass is 19.1. The summed E-state index contributed by atoms with van der Waals surface area (Å²) < 4.78 is 19.1. The summed E-state index contributed by atoms with van der Waals surface area (Å²) >= 11 is 0. The molecule has 0 saturated carbocycles. The molecular formula is C16H8FNO3. The van der Waals surface area contributed by atoms with Crippen LogP contribution >= 0.6 is 0 Å². The van der Waals surface area contributed by atoms with Gasteiger partial charge in [0.2, 0.25) is 0 Å². The molecule has 5 heteroatoms. The number of aromatic carboxylic acids is 1. The van der Waals surface area contributed by atoms with Crippen LogP contribution in [0.3, 0.4) is 0 Å². The summed E-state index contributed by atoms with van der Waals surface area (Å²) in [4.78, 5) is 16.0. The van der Waals surface area contributed by atoms with Gasteiger partial charge in [0.1, 0.15) is 22.5 Å². The maximum Gasteiger partial charge on any atom is 0.340 e. The largest absolute Gasteiger partial charge is 0.478 e. The molecule has 4 aromatic rings. The van der Waals surface area contributed by atoms with Gasteiger partial charge in [-0.1, -0.05) is 12.1 Å². The number of hydrogen-bond acceptors (Lipinski definition) is 3. The molecule has 0 aliphatic carbocycles. The van der Waals surface area contributed by atoms with Crippen LogP contribution in [0.15, 0.2) is 46.9 Å². The molecule has 4 rings (SSSR count). The van der Waals surface area contributed by atoms with Gasteiger partial charge in [-0.3, -0.25) is 0 Å². The lowest BCUT2D eigenvalue weighted by atomic mass is 10.1. The minimum Gasteiger partial charge on any atom is -0.478 e. The number of halogens is 1. The summed E-state index contributed by atoms with van der Waals surface area (Å²) in [6.45, 7) is 0. The third kappa shape index (κ3) is 1.61. The van der Waals surface area contributed by atoms with Gasteiger partial charge in [0, 0.05) is 10.8 Å². The number of carbonyl (C=O) groups is 1. The number of furan rings is 1. The Morgan fingerprint density at radius 1 is 1.14 bits per heavy atom. The number of para-hydroxylation sites is 1. The third-order valence-corrected chi connectivity index (χ3v) is 3.47. The van der Waals surface area contributed by atoms with E-state index < -0.39 is 11.8 Å². The fourth-order valence-corrected chi connectivity index (χ4v) is 2.57. The molecule has 21 heavy (non-hydrogen) atoms. The quantitative estimate of drug-likeness (QED) is 0.573. The summed E-state index contributed by atoms with van der Waals surface area (Å²) in [5.41, 5.74) is 1.56. The molecule has 0 bridgehead atoms. The first kappa shape index (κ1) is 11.8. The lowest BCUT2D eigenvalue weighted by Gasteiger charge is -2.03. The number of pyridine rings is 1. The van der Waals surface area contributed by atoms with E-state index in [9.17, 15) is 14.3 Å². The SMILES string of the molecule is O=C(O)c1c2cc(F)ccc2nc2c1oc1ccccc12. The highest BCUT2D eigenvalue weighted by Crippen LogP contribution is 2.33. The number of nitrogens with zero attached hydrogens (tertiary/aromatic N) is 1. The second kappa shape index (κ2) is 4.02. The third-order valence-electron chi connectivity index (χ3n) is 3.47. The molecule has 2 aromatic heterocycles. The van der Waals surface area contributed by atoms with Gasteiger partial charge >= 0.3 is 5.97 Å². The number of hydrogen-bond donors (Lipinski definition) is 1. The van der Waals surface area contributed by atoms with Crippen molar-refractivity contribution >= 4 is 38.9 Å². The number of aromatic nitrogens is 1. The van der Waals surface area contributed by atoms with Crippen LogP contribution < -0.4 is 0 Å². The Morgan fingerprint density at radius 3 is 2.76 bits per heavy atom. The van der Waals surface area contributed by atoms with Gasteiger partial charge < -0.3 is 9.52 Å². The maximum atomic E-state index is 13.4. The Hall–Kier alpha value is -2.95. The van der Waals surface area contributed by atoms with Crippen molar-refractivity contribution < 1.29 is 18.7 Å². The molecule has 0 aliphatic heterocycles. The van der Waals surface area contributed by atoms with Gasteiger partial charge in [-0.05, 0) is 30.3 Å².